The zero-order chi connectivity index (χ0) is 15.2. The summed E-state index contributed by atoms with van der Waals surface area (Å²) in [5.74, 6) is -0.578. The number of hydrogen-bond donors (Lipinski definition) is 2. The van der Waals surface area contributed by atoms with Gasteiger partial charge in [0.05, 0.1) is 12.2 Å². The molecule has 5 nitrogen and oxygen atoms in total. The molecule has 112 valence electrons. The summed E-state index contributed by atoms with van der Waals surface area (Å²) in [5, 5.41) is 10.0. The van der Waals surface area contributed by atoms with Crippen LogP contribution in [-0.4, -0.2) is 22.2 Å². The third-order valence-electron chi connectivity index (χ3n) is 3.04. The van der Waals surface area contributed by atoms with Gasteiger partial charge in [-0.15, -0.1) is 0 Å². The van der Waals surface area contributed by atoms with Crippen LogP contribution in [0.1, 0.15) is 18.2 Å². The normalized spacial score (nSPS) is 10.6. The molecule has 6 heteroatoms. The van der Waals surface area contributed by atoms with Crippen molar-refractivity contribution >= 4 is 11.6 Å². The first-order valence-corrected chi connectivity index (χ1v) is 6.86. The van der Waals surface area contributed by atoms with Crippen LogP contribution in [0.4, 0.5) is 10.1 Å². The van der Waals surface area contributed by atoms with Crippen LogP contribution in [0.25, 0.3) is 0 Å². The molecule has 1 aromatic heterocycles. The smallest absolute Gasteiger partial charge is 0.238 e. The molecule has 1 aromatic carbocycles. The number of nitrogens with one attached hydrogen (secondary N) is 2. The second-order valence-corrected chi connectivity index (χ2v) is 4.79. The highest BCUT2D eigenvalue weighted by Gasteiger charge is 2.07. The van der Waals surface area contributed by atoms with Crippen molar-refractivity contribution < 1.29 is 9.18 Å². The van der Waals surface area contributed by atoms with Crippen molar-refractivity contribution in [3.05, 3.63) is 47.5 Å². The van der Waals surface area contributed by atoms with Gasteiger partial charge in [-0.3, -0.25) is 9.48 Å². The van der Waals surface area contributed by atoms with Gasteiger partial charge in [0.25, 0.3) is 0 Å². The zero-order valence-corrected chi connectivity index (χ0v) is 12.2. The number of anilines is 1. The Labute approximate surface area is 123 Å². The minimum Gasteiger partial charge on any atom is -0.325 e. The molecule has 0 atom stereocenters. The quantitative estimate of drug-likeness (QED) is 0.853. The molecule has 0 aliphatic carbocycles. The number of aryl methyl sites for hydroxylation is 2. The van der Waals surface area contributed by atoms with Crippen molar-refractivity contribution in [2.24, 2.45) is 7.05 Å². The maximum atomic E-state index is 13.0. The SMILES string of the molecule is CCc1nn(C)cc1CNCC(=O)Nc1cccc(F)c1. The van der Waals surface area contributed by atoms with Crippen molar-refractivity contribution in [3.63, 3.8) is 0 Å². The number of hydrogen-bond acceptors (Lipinski definition) is 3. The van der Waals surface area contributed by atoms with Crippen molar-refractivity contribution in [2.45, 2.75) is 19.9 Å². The third-order valence-corrected chi connectivity index (χ3v) is 3.04. The van der Waals surface area contributed by atoms with Crippen molar-refractivity contribution in [1.29, 1.82) is 0 Å². The van der Waals surface area contributed by atoms with E-state index in [0.717, 1.165) is 17.7 Å². The van der Waals surface area contributed by atoms with E-state index in [1.807, 2.05) is 20.2 Å². The van der Waals surface area contributed by atoms with Gasteiger partial charge in [0.2, 0.25) is 5.91 Å². The third kappa shape index (κ3) is 4.39. The van der Waals surface area contributed by atoms with Gasteiger partial charge in [-0.2, -0.15) is 5.10 Å². The minimum absolute atomic E-state index is 0.161. The average Bonchev–Trinajstić information content (AvgIpc) is 2.79. The molecule has 0 unspecified atom stereocenters. The van der Waals surface area contributed by atoms with E-state index in [9.17, 15) is 9.18 Å². The number of rotatable bonds is 6. The number of amides is 1. The van der Waals surface area contributed by atoms with Crippen molar-refractivity contribution in [3.8, 4) is 0 Å². The van der Waals surface area contributed by atoms with Gasteiger partial charge in [-0.25, -0.2) is 4.39 Å². The maximum Gasteiger partial charge on any atom is 0.238 e. The second kappa shape index (κ2) is 6.99. The Balaban J connectivity index is 1.81. The van der Waals surface area contributed by atoms with E-state index in [0.29, 0.717) is 12.2 Å². The largest absolute Gasteiger partial charge is 0.325 e. The molecule has 0 radical (unpaired) electrons. The first-order valence-electron chi connectivity index (χ1n) is 6.86. The van der Waals surface area contributed by atoms with Crippen LogP contribution in [0.15, 0.2) is 30.5 Å². The lowest BCUT2D eigenvalue weighted by molar-refractivity contribution is -0.115. The molecule has 0 bridgehead atoms. The van der Waals surface area contributed by atoms with E-state index in [2.05, 4.69) is 15.7 Å². The highest BCUT2D eigenvalue weighted by molar-refractivity contribution is 5.92. The zero-order valence-electron chi connectivity index (χ0n) is 12.2. The fourth-order valence-electron chi connectivity index (χ4n) is 2.11. The molecule has 2 aromatic rings. The summed E-state index contributed by atoms with van der Waals surface area (Å²) >= 11 is 0. The number of nitrogens with zero attached hydrogens (tertiary/aromatic N) is 2. The van der Waals surface area contributed by atoms with E-state index >= 15 is 0 Å². The minimum atomic E-state index is -0.372. The number of halogens is 1. The van der Waals surface area contributed by atoms with Crippen LogP contribution >= 0.6 is 0 Å². The molecule has 21 heavy (non-hydrogen) atoms. The summed E-state index contributed by atoms with van der Waals surface area (Å²) in [7, 11) is 1.87. The molecule has 0 saturated heterocycles. The predicted molar refractivity (Wildman–Crippen MR) is 79.3 cm³/mol. The Morgan fingerprint density at radius 3 is 2.95 bits per heavy atom. The molecule has 0 aliphatic rings. The first-order chi connectivity index (χ1) is 10.1. The molecule has 0 saturated carbocycles. The number of benzene rings is 1. The van der Waals surface area contributed by atoms with Crippen molar-refractivity contribution in [1.82, 2.24) is 15.1 Å². The standard InChI is InChI=1S/C15H19FN4O/c1-3-14-11(10-20(2)19-14)8-17-9-15(21)18-13-6-4-5-12(16)7-13/h4-7,10,17H,3,8-9H2,1-2H3,(H,18,21). The Bertz CT molecular complexity index is 624. The lowest BCUT2D eigenvalue weighted by Crippen LogP contribution is -2.27. The van der Waals surface area contributed by atoms with Gasteiger partial charge in [0.15, 0.2) is 0 Å². The number of aromatic nitrogens is 2. The second-order valence-electron chi connectivity index (χ2n) is 4.79. The van der Waals surface area contributed by atoms with E-state index < -0.39 is 0 Å². The Hall–Kier alpha value is -2.21. The van der Waals surface area contributed by atoms with Gasteiger partial charge in [-0.05, 0) is 24.6 Å². The lowest BCUT2D eigenvalue weighted by atomic mass is 10.2. The molecule has 1 amide bonds. The monoisotopic (exact) mass is 290 g/mol. The fraction of sp³-hybridized carbons (Fsp3) is 0.333. The summed E-state index contributed by atoms with van der Waals surface area (Å²) in [6.45, 7) is 2.78. The predicted octanol–water partition coefficient (Wildman–Crippen LogP) is 1.85. The Morgan fingerprint density at radius 2 is 2.24 bits per heavy atom. The van der Waals surface area contributed by atoms with Gasteiger partial charge >= 0.3 is 0 Å². The van der Waals surface area contributed by atoms with Gasteiger partial charge in [0.1, 0.15) is 5.82 Å². The van der Waals surface area contributed by atoms with Gasteiger partial charge < -0.3 is 10.6 Å². The summed E-state index contributed by atoms with van der Waals surface area (Å²) in [5.41, 5.74) is 2.56. The van der Waals surface area contributed by atoms with E-state index in [-0.39, 0.29) is 18.3 Å². The van der Waals surface area contributed by atoms with Crippen LogP contribution in [0.3, 0.4) is 0 Å². The summed E-state index contributed by atoms with van der Waals surface area (Å²) in [6.07, 6.45) is 2.80. The highest BCUT2D eigenvalue weighted by atomic mass is 19.1. The molecule has 0 aliphatic heterocycles. The summed E-state index contributed by atoms with van der Waals surface area (Å²) in [6, 6.07) is 5.83. The molecule has 2 rings (SSSR count). The van der Waals surface area contributed by atoms with Crippen LogP contribution < -0.4 is 10.6 Å². The Morgan fingerprint density at radius 1 is 1.43 bits per heavy atom. The Kier molecular flexibility index (Phi) is 5.05. The highest BCUT2D eigenvalue weighted by Crippen LogP contribution is 2.09. The van der Waals surface area contributed by atoms with Crippen LogP contribution in [0, 0.1) is 5.82 Å². The lowest BCUT2D eigenvalue weighted by Gasteiger charge is -2.06. The van der Waals surface area contributed by atoms with Gasteiger partial charge in [-0.1, -0.05) is 13.0 Å². The van der Waals surface area contributed by atoms with E-state index in [1.165, 1.54) is 12.1 Å². The van der Waals surface area contributed by atoms with Gasteiger partial charge in [0, 0.05) is 31.0 Å². The fourth-order valence-corrected chi connectivity index (χ4v) is 2.11. The number of carbonyl (C=O) groups excluding carboxylic acids is 1. The van der Waals surface area contributed by atoms with Crippen LogP contribution in [-0.2, 0) is 24.8 Å². The van der Waals surface area contributed by atoms with Crippen LogP contribution in [0.5, 0.6) is 0 Å². The van der Waals surface area contributed by atoms with E-state index in [1.54, 1.807) is 16.8 Å². The topological polar surface area (TPSA) is 59.0 Å². The molecule has 0 spiro atoms. The molecular weight excluding hydrogens is 271 g/mol. The number of carbonyl (C=O) groups is 1. The summed E-state index contributed by atoms with van der Waals surface area (Å²) in [4.78, 5) is 11.8. The van der Waals surface area contributed by atoms with E-state index in [4.69, 9.17) is 0 Å². The summed E-state index contributed by atoms with van der Waals surface area (Å²) < 4.78 is 14.8. The van der Waals surface area contributed by atoms with Crippen molar-refractivity contribution in [2.75, 3.05) is 11.9 Å². The molecule has 1 heterocycles. The molecule has 0 fully saturated rings. The van der Waals surface area contributed by atoms with Crippen LogP contribution in [0.2, 0.25) is 0 Å². The molecular formula is C15H19FN4O. The average molecular weight is 290 g/mol. The molecule has 2 N–H and O–H groups in total. The first kappa shape index (κ1) is 15.2. The maximum absolute atomic E-state index is 13.0.